The van der Waals surface area contributed by atoms with Gasteiger partial charge in [0.25, 0.3) is 17.5 Å². The molecule has 3 aromatic rings. The SMILES string of the molecule is CCN(CCCN1C(=O)c2ccccc2C1=O)c1ccc(/N=N/c2c(C#N)cc([N+](=O)[O-])cc2C#N)c(C)c1. The van der Waals surface area contributed by atoms with Crippen LogP contribution in [0, 0.1) is 39.7 Å². The van der Waals surface area contributed by atoms with E-state index in [4.69, 9.17) is 0 Å². The standard InChI is InChI=1S/C28H23N7O4/c1-3-33(11-6-12-34-27(36)23-7-4-5-8-24(23)28(34)37)21-9-10-25(18(2)13-21)31-32-26-19(16-29)14-22(35(38)39)15-20(26)17-30/h4-5,7-10,13-15H,3,6,11-12H2,1-2H3/b32-31+. The van der Waals surface area contributed by atoms with E-state index in [1.165, 1.54) is 4.90 Å². The van der Waals surface area contributed by atoms with Gasteiger partial charge in [0, 0.05) is 37.5 Å². The highest BCUT2D eigenvalue weighted by Gasteiger charge is 2.34. The fourth-order valence-electron chi connectivity index (χ4n) is 4.39. The zero-order valence-corrected chi connectivity index (χ0v) is 21.3. The summed E-state index contributed by atoms with van der Waals surface area (Å²) in [7, 11) is 0. The average molecular weight is 522 g/mol. The van der Waals surface area contributed by atoms with Crippen molar-refractivity contribution in [2.45, 2.75) is 20.3 Å². The van der Waals surface area contributed by atoms with Gasteiger partial charge >= 0.3 is 0 Å². The molecular formula is C28H23N7O4. The van der Waals surface area contributed by atoms with Crippen LogP contribution < -0.4 is 4.90 Å². The molecule has 0 spiro atoms. The summed E-state index contributed by atoms with van der Waals surface area (Å²) in [5, 5.41) is 38.2. The number of aryl methyl sites for hydroxylation is 1. The first-order valence-corrected chi connectivity index (χ1v) is 12.1. The van der Waals surface area contributed by atoms with Gasteiger partial charge in [0.15, 0.2) is 0 Å². The Hall–Kier alpha value is -5.42. The van der Waals surface area contributed by atoms with Crippen LogP contribution in [0.2, 0.25) is 0 Å². The van der Waals surface area contributed by atoms with Crippen molar-refractivity contribution in [2.75, 3.05) is 24.5 Å². The summed E-state index contributed by atoms with van der Waals surface area (Å²) in [5.74, 6) is -0.535. The van der Waals surface area contributed by atoms with E-state index in [9.17, 15) is 30.2 Å². The van der Waals surface area contributed by atoms with Crippen molar-refractivity contribution in [3.05, 3.63) is 92.5 Å². The number of nitrogens with zero attached hydrogens (tertiary/aromatic N) is 7. The van der Waals surface area contributed by atoms with Crippen LogP contribution in [0.25, 0.3) is 0 Å². The van der Waals surface area contributed by atoms with Crippen LogP contribution in [0.4, 0.5) is 22.7 Å². The van der Waals surface area contributed by atoms with Gasteiger partial charge in [0.2, 0.25) is 0 Å². The Bertz CT molecular complexity index is 1530. The van der Waals surface area contributed by atoms with Crippen molar-refractivity contribution in [3.63, 3.8) is 0 Å². The second kappa shape index (κ2) is 11.3. The second-order valence-corrected chi connectivity index (χ2v) is 8.78. The summed E-state index contributed by atoms with van der Waals surface area (Å²) in [5.41, 5.74) is 2.45. The lowest BCUT2D eigenvalue weighted by Gasteiger charge is -2.25. The van der Waals surface area contributed by atoms with Crippen LogP contribution in [-0.4, -0.2) is 41.3 Å². The van der Waals surface area contributed by atoms with E-state index in [-0.39, 0.29) is 34.3 Å². The zero-order valence-electron chi connectivity index (χ0n) is 21.3. The van der Waals surface area contributed by atoms with Gasteiger partial charge in [0.1, 0.15) is 17.8 Å². The van der Waals surface area contributed by atoms with Crippen molar-refractivity contribution in [2.24, 2.45) is 10.2 Å². The molecule has 1 heterocycles. The van der Waals surface area contributed by atoms with Crippen molar-refractivity contribution in [1.82, 2.24) is 4.90 Å². The third-order valence-electron chi connectivity index (χ3n) is 6.42. The van der Waals surface area contributed by atoms with E-state index < -0.39 is 4.92 Å². The van der Waals surface area contributed by atoms with E-state index in [0.717, 1.165) is 23.4 Å². The maximum absolute atomic E-state index is 12.6. The van der Waals surface area contributed by atoms with Crippen molar-refractivity contribution < 1.29 is 14.5 Å². The first-order chi connectivity index (χ1) is 18.8. The summed E-state index contributed by atoms with van der Waals surface area (Å²) in [6, 6.07) is 18.2. The predicted octanol–water partition coefficient (Wildman–Crippen LogP) is 5.57. The van der Waals surface area contributed by atoms with Gasteiger partial charge in [-0.25, -0.2) is 0 Å². The molecule has 3 aromatic carbocycles. The van der Waals surface area contributed by atoms with Crippen LogP contribution in [-0.2, 0) is 0 Å². The minimum absolute atomic E-state index is 0.0302. The highest BCUT2D eigenvalue weighted by Crippen LogP contribution is 2.32. The number of carbonyl (C=O) groups excluding carboxylic acids is 2. The number of nitriles is 2. The molecule has 0 unspecified atom stereocenters. The van der Waals surface area contributed by atoms with Crippen LogP contribution in [0.3, 0.4) is 0 Å². The average Bonchev–Trinajstić information content (AvgIpc) is 3.19. The first kappa shape index (κ1) is 26.6. The molecule has 4 rings (SSSR count). The van der Waals surface area contributed by atoms with Crippen LogP contribution >= 0.6 is 0 Å². The molecule has 1 aliphatic heterocycles. The molecule has 39 heavy (non-hydrogen) atoms. The number of hydrogen-bond donors (Lipinski definition) is 0. The number of non-ortho nitro benzene ring substituents is 1. The topological polar surface area (TPSA) is 156 Å². The van der Waals surface area contributed by atoms with E-state index in [1.54, 1.807) is 30.3 Å². The normalized spacial score (nSPS) is 12.4. The lowest BCUT2D eigenvalue weighted by atomic mass is 10.1. The maximum Gasteiger partial charge on any atom is 0.272 e. The number of amides is 2. The monoisotopic (exact) mass is 521 g/mol. The zero-order chi connectivity index (χ0) is 28.1. The Labute approximate surface area is 224 Å². The van der Waals surface area contributed by atoms with Gasteiger partial charge in [-0.1, -0.05) is 12.1 Å². The third-order valence-corrected chi connectivity index (χ3v) is 6.42. The molecule has 0 radical (unpaired) electrons. The second-order valence-electron chi connectivity index (χ2n) is 8.78. The minimum atomic E-state index is -0.676. The molecule has 0 N–H and O–H groups in total. The minimum Gasteiger partial charge on any atom is -0.372 e. The molecule has 11 nitrogen and oxygen atoms in total. The molecule has 11 heteroatoms. The Morgan fingerprint density at radius 2 is 1.59 bits per heavy atom. The molecule has 0 aliphatic carbocycles. The number of imide groups is 1. The summed E-state index contributed by atoms with van der Waals surface area (Å²) in [4.78, 5) is 39.0. The quantitative estimate of drug-likeness (QED) is 0.154. The third kappa shape index (κ3) is 5.33. The first-order valence-electron chi connectivity index (χ1n) is 12.1. The molecule has 194 valence electrons. The van der Waals surface area contributed by atoms with Crippen molar-refractivity contribution in [3.8, 4) is 12.1 Å². The lowest BCUT2D eigenvalue weighted by molar-refractivity contribution is -0.384. The Morgan fingerprint density at radius 3 is 2.10 bits per heavy atom. The molecule has 0 bridgehead atoms. The number of anilines is 1. The van der Waals surface area contributed by atoms with Crippen molar-refractivity contribution >= 4 is 34.6 Å². The number of rotatable bonds is 9. The Morgan fingerprint density at radius 1 is 0.974 bits per heavy atom. The fraction of sp³-hybridized carbons (Fsp3) is 0.214. The lowest BCUT2D eigenvalue weighted by Crippen LogP contribution is -2.33. The molecular weight excluding hydrogens is 498 g/mol. The fourth-order valence-corrected chi connectivity index (χ4v) is 4.39. The van der Waals surface area contributed by atoms with Gasteiger partial charge in [-0.05, 0) is 56.2 Å². The van der Waals surface area contributed by atoms with Gasteiger partial charge in [0.05, 0.1) is 32.9 Å². The number of azo groups is 1. The Kier molecular flexibility index (Phi) is 7.73. The largest absolute Gasteiger partial charge is 0.372 e. The highest BCUT2D eigenvalue weighted by molar-refractivity contribution is 6.21. The molecule has 2 amide bonds. The van der Waals surface area contributed by atoms with Crippen LogP contribution in [0.1, 0.15) is 50.8 Å². The molecule has 0 atom stereocenters. The number of hydrogen-bond acceptors (Lipinski definition) is 9. The van der Waals surface area contributed by atoms with Gasteiger partial charge in [-0.2, -0.15) is 15.6 Å². The number of benzene rings is 3. The summed E-state index contributed by atoms with van der Waals surface area (Å²) < 4.78 is 0. The highest BCUT2D eigenvalue weighted by atomic mass is 16.6. The van der Waals surface area contributed by atoms with Crippen LogP contribution in [0.5, 0.6) is 0 Å². The van der Waals surface area contributed by atoms with Gasteiger partial charge in [-0.15, -0.1) is 5.11 Å². The number of fused-ring (bicyclic) bond motifs is 1. The van der Waals surface area contributed by atoms with Gasteiger partial charge < -0.3 is 4.90 Å². The Balaban J connectivity index is 1.46. The number of nitro benzene ring substituents is 1. The van der Waals surface area contributed by atoms with E-state index in [0.29, 0.717) is 42.9 Å². The van der Waals surface area contributed by atoms with E-state index >= 15 is 0 Å². The van der Waals surface area contributed by atoms with Crippen LogP contribution in [0.15, 0.2) is 64.8 Å². The molecule has 0 saturated heterocycles. The maximum atomic E-state index is 12.6. The smallest absolute Gasteiger partial charge is 0.272 e. The molecule has 0 aromatic heterocycles. The number of carbonyl (C=O) groups is 2. The number of nitro groups is 1. The molecule has 0 fully saturated rings. The van der Waals surface area contributed by atoms with Crippen molar-refractivity contribution in [1.29, 1.82) is 10.5 Å². The molecule has 1 aliphatic rings. The summed E-state index contributed by atoms with van der Waals surface area (Å²) in [6.45, 7) is 5.47. The molecule has 0 saturated carbocycles. The van der Waals surface area contributed by atoms with E-state index in [2.05, 4.69) is 15.1 Å². The van der Waals surface area contributed by atoms with Gasteiger partial charge in [-0.3, -0.25) is 24.6 Å². The summed E-state index contributed by atoms with van der Waals surface area (Å²) in [6.07, 6.45) is 0.591. The predicted molar refractivity (Wildman–Crippen MR) is 142 cm³/mol. The summed E-state index contributed by atoms with van der Waals surface area (Å²) >= 11 is 0. The van der Waals surface area contributed by atoms with E-state index in [1.807, 2.05) is 38.1 Å².